The predicted octanol–water partition coefficient (Wildman–Crippen LogP) is 9.31. The zero-order valence-corrected chi connectivity index (χ0v) is 37.0. The Hall–Kier alpha value is -0.850. The maximum Gasteiger partial charge on any atom is 0.220 e. The summed E-state index contributed by atoms with van der Waals surface area (Å²) < 4.78 is 11.2. The number of aliphatic hydroxyl groups is 6. The minimum absolute atomic E-state index is 0.253. The molecular formula is C47H93NO9. The van der Waals surface area contributed by atoms with E-state index in [1.807, 2.05) is 0 Å². The number of rotatable bonds is 41. The van der Waals surface area contributed by atoms with Crippen LogP contribution in [0, 0.1) is 0 Å². The van der Waals surface area contributed by atoms with Crippen LogP contribution < -0.4 is 5.32 Å². The summed E-state index contributed by atoms with van der Waals surface area (Å²) in [5.74, 6) is -0.253. The molecule has 0 aromatic rings. The highest BCUT2D eigenvalue weighted by molar-refractivity contribution is 5.76. The van der Waals surface area contributed by atoms with E-state index >= 15 is 0 Å². The number of hydrogen-bond acceptors (Lipinski definition) is 9. The van der Waals surface area contributed by atoms with Crippen molar-refractivity contribution in [3.05, 3.63) is 0 Å². The highest BCUT2D eigenvalue weighted by atomic mass is 16.7. The predicted molar refractivity (Wildman–Crippen MR) is 232 cm³/mol. The molecule has 7 N–H and O–H groups in total. The van der Waals surface area contributed by atoms with Crippen molar-refractivity contribution in [2.45, 2.75) is 281 Å². The molecule has 10 heteroatoms. The van der Waals surface area contributed by atoms with Gasteiger partial charge in [-0.1, -0.05) is 213 Å². The molecule has 8 atom stereocenters. The van der Waals surface area contributed by atoms with Crippen LogP contribution in [-0.4, -0.2) is 98.7 Å². The first-order chi connectivity index (χ1) is 27.8. The first kappa shape index (κ1) is 54.2. The molecule has 57 heavy (non-hydrogen) atoms. The molecule has 0 radical (unpaired) electrons. The normalized spacial score (nSPS) is 21.4. The Morgan fingerprint density at radius 1 is 0.544 bits per heavy atom. The van der Waals surface area contributed by atoms with Gasteiger partial charge in [-0.25, -0.2) is 0 Å². The summed E-state index contributed by atoms with van der Waals surface area (Å²) in [4.78, 5) is 13.0. The highest BCUT2D eigenvalue weighted by Gasteiger charge is 2.44. The quantitative estimate of drug-likeness (QED) is 0.0298. The summed E-state index contributed by atoms with van der Waals surface area (Å²) in [5.41, 5.74) is 0. The molecule has 1 fully saturated rings. The van der Waals surface area contributed by atoms with Gasteiger partial charge in [0.25, 0.3) is 0 Å². The third-order valence-corrected chi connectivity index (χ3v) is 12.1. The number of unbranched alkanes of at least 4 members (excludes halogenated alkanes) is 30. The molecular weight excluding hydrogens is 723 g/mol. The summed E-state index contributed by atoms with van der Waals surface area (Å²) in [6, 6.07) is -0.984. The van der Waals surface area contributed by atoms with Gasteiger partial charge in [0.2, 0.25) is 5.91 Å². The van der Waals surface area contributed by atoms with Gasteiger partial charge in [0.05, 0.1) is 25.4 Å². The molecule has 340 valence electrons. The van der Waals surface area contributed by atoms with E-state index in [4.69, 9.17) is 9.47 Å². The molecule has 0 saturated carbocycles. The van der Waals surface area contributed by atoms with Crippen molar-refractivity contribution >= 4 is 5.91 Å². The Bertz CT molecular complexity index is 880. The van der Waals surface area contributed by atoms with E-state index in [1.165, 1.54) is 167 Å². The molecule has 0 aromatic carbocycles. The van der Waals surface area contributed by atoms with Gasteiger partial charge < -0.3 is 45.4 Å². The number of amides is 1. The SMILES string of the molecule is CCCCCCCCCCCCCCCCCCCC(=O)N[C@@H](CO[C@@H]1O[C@H](CO)[C@@H](O)C(O)C1O)[C@H](O)[C@H](O)CCCCCCCCCCCCCCCCC. The third kappa shape index (κ3) is 28.3. The second-order valence-electron chi connectivity index (χ2n) is 17.4. The molecule has 1 saturated heterocycles. The molecule has 1 amide bonds. The number of nitrogens with one attached hydrogen (secondary N) is 1. The van der Waals surface area contributed by atoms with Crippen LogP contribution in [0.1, 0.15) is 232 Å². The van der Waals surface area contributed by atoms with Gasteiger partial charge in [0, 0.05) is 6.42 Å². The van der Waals surface area contributed by atoms with Crippen molar-refractivity contribution in [3.63, 3.8) is 0 Å². The minimum Gasteiger partial charge on any atom is -0.394 e. The minimum atomic E-state index is -1.60. The largest absolute Gasteiger partial charge is 0.394 e. The second-order valence-corrected chi connectivity index (χ2v) is 17.4. The Kier molecular flexibility index (Phi) is 36.2. The molecule has 0 aromatic heterocycles. The molecule has 0 bridgehead atoms. The van der Waals surface area contributed by atoms with Crippen molar-refractivity contribution in [2.24, 2.45) is 0 Å². The van der Waals surface area contributed by atoms with Crippen LogP contribution in [0.5, 0.6) is 0 Å². The zero-order valence-electron chi connectivity index (χ0n) is 37.0. The fourth-order valence-electron chi connectivity index (χ4n) is 8.08. The lowest BCUT2D eigenvalue weighted by molar-refractivity contribution is -0.303. The fourth-order valence-corrected chi connectivity index (χ4v) is 8.08. The Morgan fingerprint density at radius 3 is 1.30 bits per heavy atom. The van der Waals surface area contributed by atoms with Gasteiger partial charge in [0.1, 0.15) is 30.5 Å². The monoisotopic (exact) mass is 816 g/mol. The second kappa shape index (κ2) is 38.1. The van der Waals surface area contributed by atoms with Crippen molar-refractivity contribution in [2.75, 3.05) is 13.2 Å². The van der Waals surface area contributed by atoms with Crippen LogP contribution in [-0.2, 0) is 14.3 Å². The van der Waals surface area contributed by atoms with E-state index in [1.54, 1.807) is 0 Å². The molecule has 10 nitrogen and oxygen atoms in total. The molecule has 1 aliphatic heterocycles. The molecule has 2 unspecified atom stereocenters. The number of carbonyl (C=O) groups excluding carboxylic acids is 1. The Labute approximate surface area is 349 Å². The van der Waals surface area contributed by atoms with Gasteiger partial charge >= 0.3 is 0 Å². The van der Waals surface area contributed by atoms with E-state index in [9.17, 15) is 35.4 Å². The van der Waals surface area contributed by atoms with Crippen molar-refractivity contribution < 1.29 is 44.9 Å². The van der Waals surface area contributed by atoms with Crippen LogP contribution in [0.25, 0.3) is 0 Å². The van der Waals surface area contributed by atoms with Crippen molar-refractivity contribution in [1.29, 1.82) is 0 Å². The molecule has 1 rings (SSSR count). The van der Waals surface area contributed by atoms with Crippen molar-refractivity contribution in [1.82, 2.24) is 5.32 Å². The smallest absolute Gasteiger partial charge is 0.220 e. The van der Waals surface area contributed by atoms with E-state index in [2.05, 4.69) is 19.2 Å². The third-order valence-electron chi connectivity index (χ3n) is 12.1. The van der Waals surface area contributed by atoms with Gasteiger partial charge in [-0.15, -0.1) is 0 Å². The highest BCUT2D eigenvalue weighted by Crippen LogP contribution is 2.23. The molecule has 1 aliphatic rings. The number of hydrogen-bond donors (Lipinski definition) is 7. The van der Waals surface area contributed by atoms with E-state index in [-0.39, 0.29) is 18.9 Å². The summed E-state index contributed by atoms with van der Waals surface area (Å²) in [6.45, 7) is 3.63. The maximum atomic E-state index is 13.0. The topological polar surface area (TPSA) is 169 Å². The summed E-state index contributed by atoms with van der Waals surface area (Å²) in [7, 11) is 0. The molecule has 0 spiro atoms. The van der Waals surface area contributed by atoms with Crippen LogP contribution in [0.4, 0.5) is 0 Å². The van der Waals surface area contributed by atoms with Gasteiger partial charge in [0.15, 0.2) is 6.29 Å². The van der Waals surface area contributed by atoms with Crippen LogP contribution in [0.15, 0.2) is 0 Å². The summed E-state index contributed by atoms with van der Waals surface area (Å²) in [5, 5.41) is 65.2. The van der Waals surface area contributed by atoms with Crippen LogP contribution in [0.2, 0.25) is 0 Å². The standard InChI is InChI=1S/C47H93NO9/c1-3-5-7-9-11-13-15-17-19-20-22-24-26-28-30-32-34-36-42(51)48-39(38-56-47-46(55)45(54)44(53)41(37-49)57-47)43(52)40(50)35-33-31-29-27-25-23-21-18-16-14-12-10-8-6-4-2/h39-41,43-47,49-50,52-55H,3-38H2,1-2H3,(H,48,51)/t39-,40+,41+,43-,44+,45?,46?,47+/m0/s1. The lowest BCUT2D eigenvalue weighted by Gasteiger charge is -2.40. The molecule has 0 aliphatic carbocycles. The molecule has 1 heterocycles. The van der Waals surface area contributed by atoms with E-state index < -0.39 is 55.6 Å². The van der Waals surface area contributed by atoms with Gasteiger partial charge in [-0.05, 0) is 12.8 Å². The van der Waals surface area contributed by atoms with Crippen molar-refractivity contribution in [3.8, 4) is 0 Å². The number of aliphatic hydroxyl groups excluding tert-OH is 6. The fraction of sp³-hybridized carbons (Fsp3) is 0.979. The average molecular weight is 816 g/mol. The van der Waals surface area contributed by atoms with E-state index in [0.717, 1.165) is 38.5 Å². The first-order valence-electron chi connectivity index (χ1n) is 24.3. The van der Waals surface area contributed by atoms with Crippen LogP contribution >= 0.6 is 0 Å². The van der Waals surface area contributed by atoms with Crippen LogP contribution in [0.3, 0.4) is 0 Å². The average Bonchev–Trinajstić information content (AvgIpc) is 3.21. The lowest BCUT2D eigenvalue weighted by Crippen LogP contribution is -2.60. The summed E-state index contributed by atoms with van der Waals surface area (Å²) >= 11 is 0. The first-order valence-corrected chi connectivity index (χ1v) is 24.3. The zero-order chi connectivity index (χ0) is 41.8. The number of carbonyl (C=O) groups is 1. The summed E-state index contributed by atoms with van der Waals surface area (Å²) in [6.07, 6.45) is 31.0. The van der Waals surface area contributed by atoms with Gasteiger partial charge in [-0.2, -0.15) is 0 Å². The maximum absolute atomic E-state index is 13.0. The van der Waals surface area contributed by atoms with E-state index in [0.29, 0.717) is 6.42 Å². The number of ether oxygens (including phenoxy) is 2. The lowest BCUT2D eigenvalue weighted by atomic mass is 9.98. The Balaban J connectivity index is 2.36. The van der Waals surface area contributed by atoms with Gasteiger partial charge in [-0.3, -0.25) is 4.79 Å². The Morgan fingerprint density at radius 2 is 0.912 bits per heavy atom.